The molecule has 0 unspecified atom stereocenters. The number of Topliss-reactive ketones (excluding diaryl/α,β-unsaturated/α-hetero) is 1. The predicted molar refractivity (Wildman–Crippen MR) is 68.9 cm³/mol. The van der Waals surface area contributed by atoms with Crippen molar-refractivity contribution in [2.45, 2.75) is 71.6 Å². The van der Waals surface area contributed by atoms with Crippen molar-refractivity contribution in [3.05, 3.63) is 0 Å². The maximum absolute atomic E-state index is 11.4. The lowest BCUT2D eigenvalue weighted by Gasteiger charge is -2.03. The Hall–Kier alpha value is -0.860. The summed E-state index contributed by atoms with van der Waals surface area (Å²) in [7, 11) is 0. The number of hydrogen-bond acceptors (Lipinski definition) is 3. The lowest BCUT2D eigenvalue weighted by atomic mass is 10.1. The maximum Gasteiger partial charge on any atom is 0.305 e. The van der Waals surface area contributed by atoms with E-state index in [-0.39, 0.29) is 11.8 Å². The zero-order valence-corrected chi connectivity index (χ0v) is 11.3. The van der Waals surface area contributed by atoms with Crippen LogP contribution in [0.5, 0.6) is 0 Å². The summed E-state index contributed by atoms with van der Waals surface area (Å²) >= 11 is 0. The first-order valence-corrected chi connectivity index (χ1v) is 6.88. The molecule has 0 aliphatic rings. The van der Waals surface area contributed by atoms with Crippen LogP contribution < -0.4 is 0 Å². The van der Waals surface area contributed by atoms with Crippen molar-refractivity contribution >= 4 is 11.8 Å². The normalized spacial score (nSPS) is 10.2. The highest BCUT2D eigenvalue weighted by Crippen LogP contribution is 2.06. The fourth-order valence-corrected chi connectivity index (χ4v) is 1.53. The van der Waals surface area contributed by atoms with Crippen LogP contribution in [-0.4, -0.2) is 18.4 Å². The second-order valence-corrected chi connectivity index (χ2v) is 4.42. The monoisotopic (exact) mass is 242 g/mol. The SMILES string of the molecule is CCCCCC(=O)CCCC(=O)OCCCC. The zero-order valence-electron chi connectivity index (χ0n) is 11.3. The molecular formula is C14H26O3. The first-order valence-electron chi connectivity index (χ1n) is 6.88. The molecule has 0 spiro atoms. The first kappa shape index (κ1) is 16.1. The Morgan fingerprint density at radius 2 is 1.47 bits per heavy atom. The molecule has 0 radical (unpaired) electrons. The number of ketones is 1. The van der Waals surface area contributed by atoms with Gasteiger partial charge in [-0.1, -0.05) is 33.1 Å². The van der Waals surface area contributed by atoms with Crippen LogP contribution in [0, 0.1) is 0 Å². The number of unbranched alkanes of at least 4 members (excludes halogenated alkanes) is 3. The zero-order chi connectivity index (χ0) is 12.9. The number of carbonyl (C=O) groups is 2. The van der Waals surface area contributed by atoms with Crippen molar-refractivity contribution in [1.29, 1.82) is 0 Å². The van der Waals surface area contributed by atoms with E-state index in [1.165, 1.54) is 0 Å². The van der Waals surface area contributed by atoms with E-state index in [0.29, 0.717) is 32.3 Å². The molecule has 0 aliphatic heterocycles. The maximum atomic E-state index is 11.4. The summed E-state index contributed by atoms with van der Waals surface area (Å²) in [6.07, 6.45) is 7.38. The minimum absolute atomic E-state index is 0.167. The van der Waals surface area contributed by atoms with Crippen LogP contribution in [0.2, 0.25) is 0 Å². The van der Waals surface area contributed by atoms with Gasteiger partial charge in [0.25, 0.3) is 0 Å². The highest BCUT2D eigenvalue weighted by Gasteiger charge is 2.05. The van der Waals surface area contributed by atoms with Crippen LogP contribution in [0.25, 0.3) is 0 Å². The number of esters is 1. The van der Waals surface area contributed by atoms with Gasteiger partial charge < -0.3 is 4.74 Å². The van der Waals surface area contributed by atoms with E-state index in [2.05, 4.69) is 13.8 Å². The smallest absolute Gasteiger partial charge is 0.305 e. The molecule has 0 rings (SSSR count). The summed E-state index contributed by atoms with van der Waals surface area (Å²) in [6, 6.07) is 0. The Morgan fingerprint density at radius 1 is 0.824 bits per heavy atom. The summed E-state index contributed by atoms with van der Waals surface area (Å²) in [6.45, 7) is 4.69. The van der Waals surface area contributed by atoms with E-state index in [1.54, 1.807) is 0 Å². The van der Waals surface area contributed by atoms with Crippen molar-refractivity contribution < 1.29 is 14.3 Å². The van der Waals surface area contributed by atoms with Crippen LogP contribution >= 0.6 is 0 Å². The fourth-order valence-electron chi connectivity index (χ4n) is 1.53. The van der Waals surface area contributed by atoms with Gasteiger partial charge in [0, 0.05) is 19.3 Å². The highest BCUT2D eigenvalue weighted by molar-refractivity contribution is 5.79. The molecule has 17 heavy (non-hydrogen) atoms. The molecule has 0 atom stereocenters. The van der Waals surface area contributed by atoms with Crippen molar-refractivity contribution in [3.8, 4) is 0 Å². The molecule has 0 aliphatic carbocycles. The van der Waals surface area contributed by atoms with Crippen LogP contribution in [0.4, 0.5) is 0 Å². The van der Waals surface area contributed by atoms with Gasteiger partial charge in [0.2, 0.25) is 0 Å². The molecule has 0 saturated heterocycles. The number of rotatable bonds is 11. The van der Waals surface area contributed by atoms with Gasteiger partial charge in [-0.15, -0.1) is 0 Å². The molecular weight excluding hydrogens is 216 g/mol. The number of carbonyl (C=O) groups excluding carboxylic acids is 2. The molecule has 0 saturated carbocycles. The third-order valence-electron chi connectivity index (χ3n) is 2.66. The number of hydrogen-bond donors (Lipinski definition) is 0. The fraction of sp³-hybridized carbons (Fsp3) is 0.857. The molecule has 3 nitrogen and oxygen atoms in total. The largest absolute Gasteiger partial charge is 0.466 e. The Kier molecular flexibility index (Phi) is 11.0. The van der Waals surface area contributed by atoms with E-state index in [9.17, 15) is 9.59 Å². The van der Waals surface area contributed by atoms with E-state index < -0.39 is 0 Å². The van der Waals surface area contributed by atoms with Gasteiger partial charge >= 0.3 is 5.97 Å². The van der Waals surface area contributed by atoms with Gasteiger partial charge in [0.05, 0.1) is 6.61 Å². The average Bonchev–Trinajstić information content (AvgIpc) is 2.30. The highest BCUT2D eigenvalue weighted by atomic mass is 16.5. The lowest BCUT2D eigenvalue weighted by molar-refractivity contribution is -0.143. The van der Waals surface area contributed by atoms with E-state index >= 15 is 0 Å². The molecule has 0 amide bonds. The molecule has 0 bridgehead atoms. The van der Waals surface area contributed by atoms with Crippen LogP contribution in [0.3, 0.4) is 0 Å². The van der Waals surface area contributed by atoms with Crippen molar-refractivity contribution in [3.63, 3.8) is 0 Å². The van der Waals surface area contributed by atoms with Crippen molar-refractivity contribution in [2.75, 3.05) is 6.61 Å². The second-order valence-electron chi connectivity index (χ2n) is 4.42. The minimum atomic E-state index is -0.167. The standard InChI is InChI=1S/C14H26O3/c1-3-5-7-9-13(15)10-8-11-14(16)17-12-6-4-2/h3-12H2,1-2H3. The summed E-state index contributed by atoms with van der Waals surface area (Å²) in [4.78, 5) is 22.6. The average molecular weight is 242 g/mol. The molecule has 0 aromatic carbocycles. The Morgan fingerprint density at radius 3 is 2.12 bits per heavy atom. The Balaban J connectivity index is 3.36. The molecule has 0 heterocycles. The second kappa shape index (κ2) is 11.6. The van der Waals surface area contributed by atoms with Gasteiger partial charge in [0.1, 0.15) is 5.78 Å². The summed E-state index contributed by atoms with van der Waals surface area (Å²) in [5.41, 5.74) is 0. The van der Waals surface area contributed by atoms with Gasteiger partial charge in [-0.2, -0.15) is 0 Å². The van der Waals surface area contributed by atoms with E-state index in [1.807, 2.05) is 0 Å². The van der Waals surface area contributed by atoms with Gasteiger partial charge in [-0.25, -0.2) is 0 Å². The predicted octanol–water partition coefficient (Wildman–Crippen LogP) is 3.65. The molecule has 0 N–H and O–H groups in total. The van der Waals surface area contributed by atoms with Gasteiger partial charge in [-0.05, 0) is 19.3 Å². The Labute approximate surface area is 105 Å². The topological polar surface area (TPSA) is 43.4 Å². The van der Waals surface area contributed by atoms with Crippen molar-refractivity contribution in [1.82, 2.24) is 0 Å². The molecule has 100 valence electrons. The lowest BCUT2D eigenvalue weighted by Crippen LogP contribution is -2.07. The quantitative estimate of drug-likeness (QED) is 0.410. The molecule has 0 fully saturated rings. The van der Waals surface area contributed by atoms with Crippen LogP contribution in [0.1, 0.15) is 71.6 Å². The Bertz CT molecular complexity index is 190. The summed E-state index contributed by atoms with van der Waals surface area (Å²) in [5.74, 6) is 0.111. The molecule has 0 aromatic heterocycles. The van der Waals surface area contributed by atoms with Gasteiger partial charge in [0.15, 0.2) is 0 Å². The van der Waals surface area contributed by atoms with Crippen LogP contribution in [-0.2, 0) is 14.3 Å². The third kappa shape index (κ3) is 11.4. The van der Waals surface area contributed by atoms with Gasteiger partial charge in [-0.3, -0.25) is 9.59 Å². The summed E-state index contributed by atoms with van der Waals surface area (Å²) in [5, 5.41) is 0. The third-order valence-corrected chi connectivity index (χ3v) is 2.66. The van der Waals surface area contributed by atoms with Crippen molar-refractivity contribution in [2.24, 2.45) is 0 Å². The molecule has 3 heteroatoms. The number of ether oxygens (including phenoxy) is 1. The molecule has 0 aromatic rings. The first-order chi connectivity index (χ1) is 8.20. The summed E-state index contributed by atoms with van der Waals surface area (Å²) < 4.78 is 5.01. The van der Waals surface area contributed by atoms with Crippen LogP contribution in [0.15, 0.2) is 0 Å². The van der Waals surface area contributed by atoms with E-state index in [0.717, 1.165) is 32.1 Å². The van der Waals surface area contributed by atoms with E-state index in [4.69, 9.17) is 4.74 Å². The minimum Gasteiger partial charge on any atom is -0.466 e.